The van der Waals surface area contributed by atoms with Crippen LogP contribution in [0, 0.1) is 18.3 Å². The van der Waals surface area contributed by atoms with E-state index in [0.29, 0.717) is 11.7 Å². The summed E-state index contributed by atoms with van der Waals surface area (Å²) in [5.74, 6) is 1.33. The topological polar surface area (TPSA) is 25.8 Å². The third kappa shape index (κ3) is 14.9. The van der Waals surface area contributed by atoms with E-state index in [1.54, 1.807) is 0 Å². The molecule has 0 aliphatic heterocycles. The SMILES string of the molecule is C=C(CCCC(C)[B]CC)c1cnc(/C=C(\C)C(C)(C)C)c(C)n1.C=CC(C)C.CC. The Bertz CT molecular complexity index is 666. The highest BCUT2D eigenvalue weighted by Crippen LogP contribution is 2.27. The van der Waals surface area contributed by atoms with E-state index in [1.807, 2.05) is 33.0 Å². The Kier molecular flexibility index (Phi) is 17.3. The summed E-state index contributed by atoms with van der Waals surface area (Å²) in [6.07, 6.45) is 10.4. The van der Waals surface area contributed by atoms with Crippen LogP contribution in [0.25, 0.3) is 11.6 Å². The van der Waals surface area contributed by atoms with E-state index in [9.17, 15) is 0 Å². The largest absolute Gasteiger partial charge is 0.253 e. The summed E-state index contributed by atoms with van der Waals surface area (Å²) in [4.78, 5) is 9.35. The maximum Gasteiger partial charge on any atom is 0.112 e. The fraction of sp³-hybridized carbons (Fsp3) is 0.643. The van der Waals surface area contributed by atoms with Crippen LogP contribution in [0.5, 0.6) is 0 Å². The maximum atomic E-state index is 4.73. The molecule has 0 spiro atoms. The highest BCUT2D eigenvalue weighted by atomic mass is 14.8. The quantitative estimate of drug-likeness (QED) is 0.291. The van der Waals surface area contributed by atoms with Crippen molar-refractivity contribution < 1.29 is 0 Å². The summed E-state index contributed by atoms with van der Waals surface area (Å²) in [5.41, 5.74) is 5.44. The van der Waals surface area contributed by atoms with Crippen molar-refractivity contribution >= 4 is 18.9 Å². The first-order valence-corrected chi connectivity index (χ1v) is 12.1. The van der Waals surface area contributed by atoms with Crippen molar-refractivity contribution in [3.8, 4) is 0 Å². The van der Waals surface area contributed by atoms with Gasteiger partial charge in [-0.3, -0.25) is 4.98 Å². The summed E-state index contributed by atoms with van der Waals surface area (Å²) in [6, 6.07) is 0. The van der Waals surface area contributed by atoms with Crippen LogP contribution in [0.15, 0.2) is 31.0 Å². The van der Waals surface area contributed by atoms with Crippen LogP contribution < -0.4 is 0 Å². The molecule has 1 aromatic rings. The molecule has 0 saturated carbocycles. The zero-order chi connectivity index (χ0) is 24.6. The summed E-state index contributed by atoms with van der Waals surface area (Å²) in [7, 11) is 2.38. The minimum atomic E-state index is 0.155. The maximum absolute atomic E-state index is 4.73. The first-order valence-electron chi connectivity index (χ1n) is 12.1. The molecule has 1 radical (unpaired) electrons. The van der Waals surface area contributed by atoms with Crippen molar-refractivity contribution in [3.63, 3.8) is 0 Å². The van der Waals surface area contributed by atoms with Crippen molar-refractivity contribution in [3.05, 3.63) is 48.1 Å². The molecule has 0 amide bonds. The van der Waals surface area contributed by atoms with Gasteiger partial charge in [0.05, 0.1) is 23.3 Å². The lowest BCUT2D eigenvalue weighted by Gasteiger charge is -2.19. The summed E-state index contributed by atoms with van der Waals surface area (Å²) >= 11 is 0. The summed E-state index contributed by atoms with van der Waals surface area (Å²) in [6.45, 7) is 31.3. The molecule has 2 nitrogen and oxygen atoms in total. The fourth-order valence-electron chi connectivity index (χ4n) is 2.51. The van der Waals surface area contributed by atoms with Gasteiger partial charge in [0.25, 0.3) is 0 Å². The molecule has 1 rings (SSSR count). The van der Waals surface area contributed by atoms with Gasteiger partial charge in [-0.1, -0.05) is 99.1 Å². The van der Waals surface area contributed by atoms with Crippen LogP contribution in [0.1, 0.15) is 106 Å². The number of aryl methyl sites for hydroxylation is 1. The first kappa shape index (κ1) is 31.6. The van der Waals surface area contributed by atoms with Gasteiger partial charge in [-0.15, -0.1) is 6.58 Å². The van der Waals surface area contributed by atoms with Crippen molar-refractivity contribution in [1.29, 1.82) is 0 Å². The Labute approximate surface area is 196 Å². The van der Waals surface area contributed by atoms with Crippen molar-refractivity contribution in [2.75, 3.05) is 0 Å². The van der Waals surface area contributed by atoms with Gasteiger partial charge in [0.15, 0.2) is 0 Å². The second kappa shape index (κ2) is 17.0. The molecule has 0 aromatic carbocycles. The first-order chi connectivity index (χ1) is 14.4. The highest BCUT2D eigenvalue weighted by Gasteiger charge is 2.14. The van der Waals surface area contributed by atoms with E-state index >= 15 is 0 Å². The van der Waals surface area contributed by atoms with Crippen LogP contribution in [-0.2, 0) is 0 Å². The standard InChI is InChI=1S/C21H34BN2.C5H10.C2H6/c1-9-22-17(4)12-10-11-15(2)20-14-23-19(18(5)24-20)13-16(3)21(6,7)8;1-4-5(2)3;1-2/h13-14,17H,2,9-12H2,1,3-8H3;4-5H,1H2,2-3H3;1-2H3/b16-13+;;. The zero-order valence-corrected chi connectivity index (χ0v) is 22.6. The molecule has 1 atom stereocenters. The molecular formula is C28H50BN2. The Morgan fingerprint density at radius 1 is 1.19 bits per heavy atom. The molecule has 175 valence electrons. The number of aromatic nitrogens is 2. The minimum absolute atomic E-state index is 0.155. The molecule has 31 heavy (non-hydrogen) atoms. The van der Waals surface area contributed by atoms with E-state index in [4.69, 9.17) is 4.98 Å². The lowest BCUT2D eigenvalue weighted by atomic mass is 9.61. The van der Waals surface area contributed by atoms with Gasteiger partial charge in [-0.25, -0.2) is 4.98 Å². The Morgan fingerprint density at radius 3 is 2.16 bits per heavy atom. The van der Waals surface area contributed by atoms with E-state index < -0.39 is 0 Å². The van der Waals surface area contributed by atoms with E-state index in [1.165, 1.54) is 12.0 Å². The number of allylic oxidation sites excluding steroid dienone is 3. The van der Waals surface area contributed by atoms with Gasteiger partial charge in [0.1, 0.15) is 7.28 Å². The van der Waals surface area contributed by atoms with Crippen LogP contribution in [-0.4, -0.2) is 17.2 Å². The molecule has 0 fully saturated rings. The molecule has 0 saturated heterocycles. The summed E-state index contributed by atoms with van der Waals surface area (Å²) in [5, 5.41) is 0. The van der Waals surface area contributed by atoms with Crippen molar-refractivity contribution in [2.45, 2.75) is 108 Å². The molecule has 3 heteroatoms. The second-order valence-electron chi connectivity index (χ2n) is 9.40. The van der Waals surface area contributed by atoms with Gasteiger partial charge in [0, 0.05) is 0 Å². The third-order valence-corrected chi connectivity index (χ3v) is 5.13. The molecule has 1 heterocycles. The Morgan fingerprint density at radius 2 is 1.74 bits per heavy atom. The highest BCUT2D eigenvalue weighted by molar-refractivity contribution is 6.37. The molecule has 0 aliphatic rings. The zero-order valence-electron chi connectivity index (χ0n) is 22.6. The smallest absolute Gasteiger partial charge is 0.112 e. The van der Waals surface area contributed by atoms with Crippen molar-refractivity contribution in [1.82, 2.24) is 9.97 Å². The number of nitrogens with zero attached hydrogens (tertiary/aromatic N) is 2. The molecule has 1 unspecified atom stereocenters. The van der Waals surface area contributed by atoms with Crippen LogP contribution in [0.3, 0.4) is 0 Å². The van der Waals surface area contributed by atoms with Gasteiger partial charge in [-0.2, -0.15) is 0 Å². The fourth-order valence-corrected chi connectivity index (χ4v) is 2.51. The average Bonchev–Trinajstić information content (AvgIpc) is 2.70. The lowest BCUT2D eigenvalue weighted by Crippen LogP contribution is -2.07. The van der Waals surface area contributed by atoms with E-state index in [-0.39, 0.29) is 5.41 Å². The van der Waals surface area contributed by atoms with Gasteiger partial charge >= 0.3 is 0 Å². The van der Waals surface area contributed by atoms with E-state index in [0.717, 1.165) is 41.8 Å². The van der Waals surface area contributed by atoms with Gasteiger partial charge < -0.3 is 0 Å². The number of hydrogen-bond donors (Lipinski definition) is 0. The van der Waals surface area contributed by atoms with E-state index in [2.05, 4.69) is 86.9 Å². The monoisotopic (exact) mass is 425 g/mol. The van der Waals surface area contributed by atoms with Crippen LogP contribution in [0.4, 0.5) is 0 Å². The second-order valence-corrected chi connectivity index (χ2v) is 9.40. The Hall–Kier alpha value is -1.64. The predicted octanol–water partition coefficient (Wildman–Crippen LogP) is 9.22. The van der Waals surface area contributed by atoms with Gasteiger partial charge in [-0.05, 0) is 49.7 Å². The lowest BCUT2D eigenvalue weighted by molar-refractivity contribution is 0.507. The molecular weight excluding hydrogens is 375 g/mol. The van der Waals surface area contributed by atoms with Crippen LogP contribution in [0.2, 0.25) is 12.1 Å². The number of rotatable bonds is 9. The Balaban J connectivity index is 0. The normalized spacial score (nSPS) is 12.2. The average molecular weight is 426 g/mol. The van der Waals surface area contributed by atoms with Gasteiger partial charge in [0.2, 0.25) is 0 Å². The number of hydrogen-bond acceptors (Lipinski definition) is 2. The van der Waals surface area contributed by atoms with Crippen LogP contribution >= 0.6 is 0 Å². The predicted molar refractivity (Wildman–Crippen MR) is 145 cm³/mol. The van der Waals surface area contributed by atoms with Crippen molar-refractivity contribution in [2.24, 2.45) is 11.3 Å². The third-order valence-electron chi connectivity index (χ3n) is 5.13. The molecule has 0 N–H and O–H groups in total. The minimum Gasteiger partial charge on any atom is -0.253 e. The molecule has 1 aromatic heterocycles. The molecule has 0 aliphatic carbocycles. The molecule has 0 bridgehead atoms. The summed E-state index contributed by atoms with van der Waals surface area (Å²) < 4.78 is 0.